The minimum atomic E-state index is -0.459. The minimum Gasteiger partial charge on any atom is -0.309 e. The fraction of sp³-hybridized carbons (Fsp3) is 0.600. The minimum absolute atomic E-state index is 0.173. The van der Waals surface area contributed by atoms with E-state index in [1.165, 1.54) is 18.2 Å². The van der Waals surface area contributed by atoms with E-state index in [4.69, 9.17) is 0 Å². The van der Waals surface area contributed by atoms with Crippen LogP contribution in [0.1, 0.15) is 38.8 Å². The Balaban J connectivity index is 2.77. The van der Waals surface area contributed by atoms with Crippen molar-refractivity contribution >= 4 is 11.8 Å². The summed E-state index contributed by atoms with van der Waals surface area (Å²) in [5.41, 5.74) is 0.173. The highest BCUT2D eigenvalue weighted by Crippen LogP contribution is 2.25. The molecule has 4 heteroatoms. The number of benzene rings is 1. The maximum absolute atomic E-state index is 13.8. The van der Waals surface area contributed by atoms with Crippen LogP contribution in [-0.2, 0) is 0 Å². The molecule has 0 aliphatic carbocycles. The second-order valence-corrected chi connectivity index (χ2v) is 6.15. The van der Waals surface area contributed by atoms with Crippen molar-refractivity contribution in [2.24, 2.45) is 5.92 Å². The number of hydrogen-bond donors (Lipinski definition) is 1. The van der Waals surface area contributed by atoms with Gasteiger partial charge in [-0.25, -0.2) is 8.78 Å². The molecule has 1 N–H and O–H groups in total. The van der Waals surface area contributed by atoms with Crippen molar-refractivity contribution in [2.75, 3.05) is 18.1 Å². The summed E-state index contributed by atoms with van der Waals surface area (Å²) >= 11 is 1.74. The Bertz CT molecular complexity index is 362. The molecule has 1 atom stereocenters. The van der Waals surface area contributed by atoms with Gasteiger partial charge >= 0.3 is 0 Å². The van der Waals surface area contributed by atoms with Gasteiger partial charge in [0.2, 0.25) is 0 Å². The molecule has 1 rings (SSSR count). The van der Waals surface area contributed by atoms with Crippen molar-refractivity contribution in [3.8, 4) is 0 Å². The SMILES string of the molecule is CCCNC(CSCC(C)C)c1c(F)cccc1F. The fourth-order valence-electron chi connectivity index (χ4n) is 1.83. The molecule has 0 saturated carbocycles. The highest BCUT2D eigenvalue weighted by atomic mass is 32.2. The lowest BCUT2D eigenvalue weighted by Crippen LogP contribution is -2.26. The van der Waals surface area contributed by atoms with E-state index in [9.17, 15) is 8.78 Å². The third kappa shape index (κ3) is 5.49. The summed E-state index contributed by atoms with van der Waals surface area (Å²) in [5, 5.41) is 3.24. The van der Waals surface area contributed by atoms with Gasteiger partial charge < -0.3 is 5.32 Å². The molecule has 0 aliphatic rings. The van der Waals surface area contributed by atoms with Crippen LogP contribution in [-0.4, -0.2) is 18.1 Å². The fourth-order valence-corrected chi connectivity index (χ4v) is 2.96. The average molecular weight is 287 g/mol. The Morgan fingerprint density at radius 3 is 2.32 bits per heavy atom. The Morgan fingerprint density at radius 1 is 1.16 bits per heavy atom. The first kappa shape index (κ1) is 16.4. The number of halogens is 2. The molecule has 1 unspecified atom stereocenters. The van der Waals surface area contributed by atoms with Gasteiger partial charge in [-0.05, 0) is 36.8 Å². The molecule has 0 fully saturated rings. The quantitative estimate of drug-likeness (QED) is 0.761. The highest BCUT2D eigenvalue weighted by Gasteiger charge is 2.19. The van der Waals surface area contributed by atoms with Gasteiger partial charge in [0.15, 0.2) is 0 Å². The van der Waals surface area contributed by atoms with Crippen molar-refractivity contribution in [3.05, 3.63) is 35.4 Å². The van der Waals surface area contributed by atoms with Crippen LogP contribution in [0.4, 0.5) is 8.78 Å². The van der Waals surface area contributed by atoms with Crippen LogP contribution in [0.5, 0.6) is 0 Å². The van der Waals surface area contributed by atoms with Crippen molar-refractivity contribution in [1.82, 2.24) is 5.32 Å². The summed E-state index contributed by atoms with van der Waals surface area (Å²) < 4.78 is 27.6. The number of rotatable bonds is 8. The maximum Gasteiger partial charge on any atom is 0.130 e. The normalized spacial score (nSPS) is 12.9. The Labute approximate surface area is 119 Å². The Morgan fingerprint density at radius 2 is 1.79 bits per heavy atom. The molecule has 0 saturated heterocycles. The number of thioether (sulfide) groups is 1. The first-order valence-corrected chi connectivity index (χ1v) is 7.96. The zero-order valence-corrected chi connectivity index (χ0v) is 12.7. The van der Waals surface area contributed by atoms with E-state index in [1.807, 2.05) is 6.92 Å². The lowest BCUT2D eigenvalue weighted by molar-refractivity contribution is 0.491. The van der Waals surface area contributed by atoms with Crippen molar-refractivity contribution in [1.29, 1.82) is 0 Å². The summed E-state index contributed by atoms with van der Waals surface area (Å²) in [6.45, 7) is 7.10. The molecule has 19 heavy (non-hydrogen) atoms. The van der Waals surface area contributed by atoms with Gasteiger partial charge in [-0.15, -0.1) is 0 Å². The van der Waals surface area contributed by atoms with Crippen LogP contribution < -0.4 is 5.32 Å². The Kier molecular flexibility index (Phi) is 7.39. The molecule has 1 aromatic rings. The smallest absolute Gasteiger partial charge is 0.130 e. The van der Waals surface area contributed by atoms with Gasteiger partial charge in [0.25, 0.3) is 0 Å². The zero-order chi connectivity index (χ0) is 14.3. The second-order valence-electron chi connectivity index (χ2n) is 5.07. The van der Waals surface area contributed by atoms with Crippen LogP contribution in [0.2, 0.25) is 0 Å². The van der Waals surface area contributed by atoms with Gasteiger partial charge in [-0.2, -0.15) is 11.8 Å². The molecule has 108 valence electrons. The van der Waals surface area contributed by atoms with Crippen LogP contribution in [0.25, 0.3) is 0 Å². The van der Waals surface area contributed by atoms with E-state index in [-0.39, 0.29) is 11.6 Å². The molecule has 0 bridgehead atoms. The lowest BCUT2D eigenvalue weighted by atomic mass is 10.1. The van der Waals surface area contributed by atoms with Crippen molar-refractivity contribution in [2.45, 2.75) is 33.2 Å². The molecular formula is C15H23F2NS. The van der Waals surface area contributed by atoms with Gasteiger partial charge in [-0.3, -0.25) is 0 Å². The number of hydrogen-bond acceptors (Lipinski definition) is 2. The van der Waals surface area contributed by atoms with Crippen molar-refractivity contribution in [3.63, 3.8) is 0 Å². The van der Waals surface area contributed by atoms with E-state index in [0.29, 0.717) is 11.7 Å². The van der Waals surface area contributed by atoms with E-state index < -0.39 is 11.6 Å². The third-order valence-electron chi connectivity index (χ3n) is 2.72. The van der Waals surface area contributed by atoms with Crippen molar-refractivity contribution < 1.29 is 8.78 Å². The maximum atomic E-state index is 13.8. The zero-order valence-electron chi connectivity index (χ0n) is 11.9. The van der Waals surface area contributed by atoms with Gasteiger partial charge in [0, 0.05) is 17.4 Å². The summed E-state index contributed by atoms with van der Waals surface area (Å²) in [6, 6.07) is 3.80. The average Bonchev–Trinajstić information content (AvgIpc) is 2.34. The van der Waals surface area contributed by atoms with E-state index in [0.717, 1.165) is 18.7 Å². The molecule has 0 spiro atoms. The van der Waals surface area contributed by atoms with Crippen LogP contribution >= 0.6 is 11.8 Å². The van der Waals surface area contributed by atoms with E-state index >= 15 is 0 Å². The molecule has 0 aromatic heterocycles. The summed E-state index contributed by atoms with van der Waals surface area (Å²) in [5.74, 6) is 1.36. The second kappa shape index (κ2) is 8.54. The van der Waals surface area contributed by atoms with Gasteiger partial charge in [0.05, 0.1) is 0 Å². The highest BCUT2D eigenvalue weighted by molar-refractivity contribution is 7.99. The first-order chi connectivity index (χ1) is 9.06. The van der Waals surface area contributed by atoms with Crippen LogP contribution in [0.3, 0.4) is 0 Å². The summed E-state index contributed by atoms with van der Waals surface area (Å²) in [4.78, 5) is 0. The molecule has 0 radical (unpaired) electrons. The monoisotopic (exact) mass is 287 g/mol. The largest absolute Gasteiger partial charge is 0.309 e. The van der Waals surface area contributed by atoms with E-state index in [2.05, 4.69) is 19.2 Å². The van der Waals surface area contributed by atoms with Crippen LogP contribution in [0.15, 0.2) is 18.2 Å². The predicted molar refractivity (Wildman–Crippen MR) is 79.6 cm³/mol. The predicted octanol–water partition coefficient (Wildman–Crippen LogP) is 4.39. The number of nitrogens with one attached hydrogen (secondary N) is 1. The molecule has 1 nitrogen and oxygen atoms in total. The standard InChI is InChI=1S/C15H23F2NS/c1-4-8-18-14(10-19-9-11(2)3)15-12(16)6-5-7-13(15)17/h5-7,11,14,18H,4,8-10H2,1-3H3. The van der Waals surface area contributed by atoms with Crippen LogP contribution in [0, 0.1) is 17.6 Å². The molecule has 0 amide bonds. The lowest BCUT2D eigenvalue weighted by Gasteiger charge is -2.20. The summed E-state index contributed by atoms with van der Waals surface area (Å²) in [7, 11) is 0. The molecule has 0 aliphatic heterocycles. The molecule has 0 heterocycles. The molecular weight excluding hydrogens is 264 g/mol. The molecule has 1 aromatic carbocycles. The summed E-state index contributed by atoms with van der Waals surface area (Å²) in [6.07, 6.45) is 0.946. The first-order valence-electron chi connectivity index (χ1n) is 6.81. The Hall–Kier alpha value is -0.610. The third-order valence-corrected chi connectivity index (χ3v) is 4.20. The van der Waals surface area contributed by atoms with E-state index in [1.54, 1.807) is 11.8 Å². The topological polar surface area (TPSA) is 12.0 Å². The van der Waals surface area contributed by atoms with Gasteiger partial charge in [0.1, 0.15) is 11.6 Å². The van der Waals surface area contributed by atoms with Gasteiger partial charge in [-0.1, -0.05) is 26.8 Å².